The van der Waals surface area contributed by atoms with E-state index >= 15 is 0 Å². The molecule has 1 aromatic heterocycles. The first-order chi connectivity index (χ1) is 12.8. The summed E-state index contributed by atoms with van der Waals surface area (Å²) in [7, 11) is -2.53. The second kappa shape index (κ2) is 7.71. The summed E-state index contributed by atoms with van der Waals surface area (Å²) in [4.78, 5) is 15.8. The number of anilines is 2. The highest BCUT2D eigenvalue weighted by Crippen LogP contribution is 2.31. The van der Waals surface area contributed by atoms with Gasteiger partial charge in [-0.25, -0.2) is 13.4 Å². The zero-order valence-corrected chi connectivity index (χ0v) is 16.8. The van der Waals surface area contributed by atoms with E-state index in [4.69, 9.17) is 16.3 Å². The molecule has 27 heavy (non-hydrogen) atoms. The minimum atomic E-state index is -3.92. The predicted molar refractivity (Wildman–Crippen MR) is 107 cm³/mol. The molecule has 0 bridgehead atoms. The largest absolute Gasteiger partial charge is 0.495 e. The van der Waals surface area contributed by atoms with Crippen molar-refractivity contribution in [2.24, 2.45) is 0 Å². The van der Waals surface area contributed by atoms with Gasteiger partial charge in [0, 0.05) is 11.4 Å². The Hall–Kier alpha value is -2.36. The van der Waals surface area contributed by atoms with Gasteiger partial charge < -0.3 is 10.1 Å². The SMILES string of the molecule is CCC(=O)Nc1nc2cc(NS(=O)(=O)c3cc(Cl)ccc3OC)ccc2s1. The van der Waals surface area contributed by atoms with Crippen molar-refractivity contribution in [3.05, 3.63) is 41.4 Å². The molecule has 2 N–H and O–H groups in total. The number of sulfonamides is 1. The maximum Gasteiger partial charge on any atom is 0.265 e. The molecule has 142 valence electrons. The molecule has 0 aliphatic carbocycles. The van der Waals surface area contributed by atoms with Gasteiger partial charge in [-0.15, -0.1) is 0 Å². The molecule has 7 nitrogen and oxygen atoms in total. The summed E-state index contributed by atoms with van der Waals surface area (Å²) in [5, 5.41) is 3.44. The van der Waals surface area contributed by atoms with Crippen molar-refractivity contribution < 1.29 is 17.9 Å². The van der Waals surface area contributed by atoms with E-state index in [0.717, 1.165) is 4.70 Å². The van der Waals surface area contributed by atoms with Crippen LogP contribution in [0.4, 0.5) is 10.8 Å². The Balaban J connectivity index is 1.91. The van der Waals surface area contributed by atoms with Crippen LogP contribution in [0, 0.1) is 0 Å². The summed E-state index contributed by atoms with van der Waals surface area (Å²) in [6, 6.07) is 9.32. The highest BCUT2D eigenvalue weighted by atomic mass is 35.5. The summed E-state index contributed by atoms with van der Waals surface area (Å²) in [6.45, 7) is 1.75. The van der Waals surface area contributed by atoms with Gasteiger partial charge in [-0.05, 0) is 36.4 Å². The Kier molecular flexibility index (Phi) is 5.54. The first kappa shape index (κ1) is 19.4. The average Bonchev–Trinajstić information content (AvgIpc) is 3.02. The lowest BCUT2D eigenvalue weighted by Crippen LogP contribution is -2.14. The zero-order valence-electron chi connectivity index (χ0n) is 14.4. The van der Waals surface area contributed by atoms with E-state index in [1.807, 2.05) is 0 Å². The zero-order chi connectivity index (χ0) is 19.6. The molecule has 0 radical (unpaired) electrons. The van der Waals surface area contributed by atoms with Crippen LogP contribution in [-0.4, -0.2) is 26.4 Å². The number of carbonyl (C=O) groups is 1. The van der Waals surface area contributed by atoms with Crippen LogP contribution in [0.5, 0.6) is 5.75 Å². The molecular weight excluding hydrogens is 410 g/mol. The van der Waals surface area contributed by atoms with E-state index in [0.29, 0.717) is 22.8 Å². The highest BCUT2D eigenvalue weighted by Gasteiger charge is 2.20. The van der Waals surface area contributed by atoms with Crippen LogP contribution in [0.25, 0.3) is 10.2 Å². The molecule has 0 aliphatic heterocycles. The van der Waals surface area contributed by atoms with Gasteiger partial charge >= 0.3 is 0 Å². The second-order valence-electron chi connectivity index (χ2n) is 5.50. The van der Waals surface area contributed by atoms with Crippen LogP contribution in [0.3, 0.4) is 0 Å². The molecule has 2 aromatic carbocycles. The number of fused-ring (bicyclic) bond motifs is 1. The first-order valence-electron chi connectivity index (χ1n) is 7.89. The number of halogens is 1. The van der Waals surface area contributed by atoms with Crippen molar-refractivity contribution in [1.29, 1.82) is 0 Å². The normalized spacial score (nSPS) is 11.4. The van der Waals surface area contributed by atoms with Crippen LogP contribution >= 0.6 is 22.9 Å². The minimum absolute atomic E-state index is 0.0632. The summed E-state index contributed by atoms with van der Waals surface area (Å²) < 4.78 is 33.9. The van der Waals surface area contributed by atoms with Gasteiger partial charge in [0.25, 0.3) is 10.0 Å². The van der Waals surface area contributed by atoms with Gasteiger partial charge in [-0.2, -0.15) is 0 Å². The Morgan fingerprint density at radius 3 is 2.74 bits per heavy atom. The number of methoxy groups -OCH3 is 1. The van der Waals surface area contributed by atoms with Gasteiger partial charge in [-0.1, -0.05) is 29.9 Å². The van der Waals surface area contributed by atoms with Gasteiger partial charge in [0.05, 0.1) is 23.0 Å². The highest BCUT2D eigenvalue weighted by molar-refractivity contribution is 7.92. The number of aromatic nitrogens is 1. The van der Waals surface area contributed by atoms with Crippen LogP contribution in [0.2, 0.25) is 5.02 Å². The number of nitrogens with zero attached hydrogens (tertiary/aromatic N) is 1. The van der Waals surface area contributed by atoms with E-state index in [9.17, 15) is 13.2 Å². The van der Waals surface area contributed by atoms with Gasteiger partial charge in [0.2, 0.25) is 5.91 Å². The van der Waals surface area contributed by atoms with Crippen LogP contribution in [0.1, 0.15) is 13.3 Å². The number of thiazole rings is 1. The van der Waals surface area contributed by atoms with Crippen molar-refractivity contribution >= 4 is 59.9 Å². The molecule has 0 saturated carbocycles. The molecule has 3 aromatic rings. The molecule has 0 saturated heterocycles. The maximum absolute atomic E-state index is 12.7. The Labute approximate surface area is 165 Å². The van der Waals surface area contributed by atoms with Crippen molar-refractivity contribution in [3.8, 4) is 5.75 Å². The maximum atomic E-state index is 12.7. The molecule has 1 heterocycles. The number of amides is 1. The number of carbonyl (C=O) groups excluding carboxylic acids is 1. The van der Waals surface area contributed by atoms with E-state index < -0.39 is 10.0 Å². The summed E-state index contributed by atoms with van der Waals surface area (Å²) in [5.41, 5.74) is 0.910. The predicted octanol–water partition coefficient (Wildman–Crippen LogP) is 4.11. The molecule has 0 spiro atoms. The molecule has 0 atom stereocenters. The second-order valence-corrected chi connectivity index (χ2v) is 8.62. The van der Waals surface area contributed by atoms with Crippen molar-refractivity contribution in [2.45, 2.75) is 18.2 Å². The Morgan fingerprint density at radius 2 is 2.04 bits per heavy atom. The van der Waals surface area contributed by atoms with Crippen LogP contribution in [-0.2, 0) is 14.8 Å². The van der Waals surface area contributed by atoms with E-state index in [1.165, 1.54) is 30.6 Å². The van der Waals surface area contributed by atoms with Crippen LogP contribution in [0.15, 0.2) is 41.3 Å². The minimum Gasteiger partial charge on any atom is -0.495 e. The number of hydrogen-bond acceptors (Lipinski definition) is 6. The number of nitrogens with one attached hydrogen (secondary N) is 2. The van der Waals surface area contributed by atoms with Gasteiger partial charge in [0.15, 0.2) is 5.13 Å². The van der Waals surface area contributed by atoms with Gasteiger partial charge in [0.1, 0.15) is 10.6 Å². The Morgan fingerprint density at radius 1 is 1.26 bits per heavy atom. The third-order valence-corrected chi connectivity index (χ3v) is 6.21. The van der Waals surface area contributed by atoms with Crippen molar-refractivity contribution in [3.63, 3.8) is 0 Å². The third-order valence-electron chi connectivity index (χ3n) is 3.62. The lowest BCUT2D eigenvalue weighted by molar-refractivity contribution is -0.115. The topological polar surface area (TPSA) is 97.4 Å². The molecule has 10 heteroatoms. The number of benzene rings is 2. The van der Waals surface area contributed by atoms with Crippen LogP contribution < -0.4 is 14.8 Å². The molecular formula is C17H16ClN3O4S2. The molecule has 0 fully saturated rings. The molecule has 0 unspecified atom stereocenters. The average molecular weight is 426 g/mol. The lowest BCUT2D eigenvalue weighted by Gasteiger charge is -2.12. The standard InChI is InChI=1S/C17H16ClN3O4S2/c1-3-16(22)20-17-19-12-9-11(5-7-14(12)26-17)21-27(23,24)15-8-10(18)4-6-13(15)25-2/h4-9,21H,3H2,1-2H3,(H,19,20,22). The van der Waals surface area contributed by atoms with Crippen molar-refractivity contribution in [1.82, 2.24) is 4.98 Å². The molecule has 1 amide bonds. The van der Waals surface area contributed by atoms with Gasteiger partial charge in [-0.3, -0.25) is 9.52 Å². The lowest BCUT2D eigenvalue weighted by atomic mass is 10.3. The summed E-state index contributed by atoms with van der Waals surface area (Å²) >= 11 is 7.24. The number of hydrogen-bond donors (Lipinski definition) is 2. The third kappa shape index (κ3) is 4.32. The van der Waals surface area contributed by atoms with E-state index in [-0.39, 0.29) is 21.6 Å². The molecule has 3 rings (SSSR count). The van der Waals surface area contributed by atoms with E-state index in [2.05, 4.69) is 15.0 Å². The fourth-order valence-corrected chi connectivity index (χ4v) is 4.67. The fraction of sp³-hybridized carbons (Fsp3) is 0.176. The molecule has 0 aliphatic rings. The van der Waals surface area contributed by atoms with Crippen molar-refractivity contribution in [2.75, 3.05) is 17.1 Å². The Bertz CT molecular complexity index is 1110. The first-order valence-corrected chi connectivity index (χ1v) is 10.6. The monoisotopic (exact) mass is 425 g/mol. The fourth-order valence-electron chi connectivity index (χ4n) is 2.32. The number of rotatable bonds is 6. The quantitative estimate of drug-likeness (QED) is 0.619. The number of ether oxygens (including phenoxy) is 1. The van der Waals surface area contributed by atoms with E-state index in [1.54, 1.807) is 31.2 Å². The summed E-state index contributed by atoms with van der Waals surface area (Å²) in [6.07, 6.45) is 0.350. The smallest absolute Gasteiger partial charge is 0.265 e. The summed E-state index contributed by atoms with van der Waals surface area (Å²) in [5.74, 6) is 0.0502.